The molecule has 0 aromatic heterocycles. The summed E-state index contributed by atoms with van der Waals surface area (Å²) in [6.45, 7) is 10.0. The van der Waals surface area contributed by atoms with Gasteiger partial charge in [-0.25, -0.2) is 0 Å². The Bertz CT molecular complexity index is 544. The van der Waals surface area contributed by atoms with Crippen molar-refractivity contribution in [2.45, 2.75) is 46.1 Å². The quantitative estimate of drug-likeness (QED) is 0.825. The number of carbonyl (C=O) groups is 1. The second-order valence-electron chi connectivity index (χ2n) is 6.84. The summed E-state index contributed by atoms with van der Waals surface area (Å²) in [4.78, 5) is 12.1. The van der Waals surface area contributed by atoms with Crippen LogP contribution in [-0.2, 0) is 10.2 Å². The number of fused-ring (bicyclic) bond motifs is 1. The van der Waals surface area contributed by atoms with Crippen LogP contribution in [0, 0.1) is 5.41 Å². The Kier molecular flexibility index (Phi) is 3.19. The molecule has 0 radical (unpaired) electrons. The first-order valence-corrected chi connectivity index (χ1v) is 6.84. The van der Waals surface area contributed by atoms with E-state index in [4.69, 9.17) is 17.3 Å². The molecule has 0 spiro atoms. The molecule has 1 heterocycles. The van der Waals surface area contributed by atoms with Gasteiger partial charge in [-0.2, -0.15) is 0 Å². The van der Waals surface area contributed by atoms with Gasteiger partial charge < -0.3 is 11.1 Å². The number of anilines is 1. The van der Waals surface area contributed by atoms with Crippen molar-refractivity contribution in [3.8, 4) is 0 Å². The van der Waals surface area contributed by atoms with Crippen LogP contribution in [0.25, 0.3) is 0 Å². The van der Waals surface area contributed by atoms with Crippen molar-refractivity contribution in [1.29, 1.82) is 0 Å². The van der Waals surface area contributed by atoms with Gasteiger partial charge in [0.1, 0.15) is 0 Å². The normalized spacial score (nSPS) is 19.0. The number of rotatable bonds is 1. The molecule has 4 heteroatoms. The minimum atomic E-state index is -0.563. The summed E-state index contributed by atoms with van der Waals surface area (Å²) in [5.41, 5.74) is 8.35. The fraction of sp³-hybridized carbons (Fsp3) is 0.533. The molecule has 1 aromatic carbocycles. The number of hydrogen-bond acceptors (Lipinski definition) is 2. The fourth-order valence-corrected chi connectivity index (χ4v) is 2.59. The van der Waals surface area contributed by atoms with E-state index in [0.29, 0.717) is 5.02 Å². The Morgan fingerprint density at radius 2 is 1.89 bits per heavy atom. The van der Waals surface area contributed by atoms with Gasteiger partial charge in [-0.05, 0) is 42.5 Å². The predicted octanol–water partition coefficient (Wildman–Crippen LogP) is 3.62. The molecule has 104 valence electrons. The third kappa shape index (κ3) is 2.26. The topological polar surface area (TPSA) is 55.1 Å². The molecule has 1 atom stereocenters. The number of halogens is 1. The highest BCUT2D eigenvalue weighted by molar-refractivity contribution is 6.31. The third-order valence-corrected chi connectivity index (χ3v) is 4.10. The monoisotopic (exact) mass is 280 g/mol. The van der Waals surface area contributed by atoms with E-state index in [1.54, 1.807) is 0 Å². The van der Waals surface area contributed by atoms with Gasteiger partial charge in [0.2, 0.25) is 5.91 Å². The average molecular weight is 281 g/mol. The molecular formula is C15H21ClN2O. The number of nitrogens with two attached hydrogens (primary N) is 1. The van der Waals surface area contributed by atoms with Crippen LogP contribution in [0.2, 0.25) is 5.02 Å². The first kappa shape index (κ1) is 14.4. The summed E-state index contributed by atoms with van der Waals surface area (Å²) < 4.78 is 0. The Balaban J connectivity index is 2.65. The van der Waals surface area contributed by atoms with Gasteiger partial charge in [0.05, 0.1) is 5.41 Å². The maximum absolute atomic E-state index is 12.1. The molecule has 3 nitrogen and oxygen atoms in total. The molecule has 1 aromatic rings. The van der Waals surface area contributed by atoms with Gasteiger partial charge >= 0.3 is 0 Å². The Labute approximate surface area is 119 Å². The van der Waals surface area contributed by atoms with Gasteiger partial charge in [-0.3, -0.25) is 4.79 Å². The first-order chi connectivity index (χ1) is 8.55. The lowest BCUT2D eigenvalue weighted by molar-refractivity contribution is -0.119. The van der Waals surface area contributed by atoms with Gasteiger partial charge in [-0.1, -0.05) is 32.4 Å². The standard InChI is InChI=1S/C15H21ClN2O/c1-14(2,3)12(17)9-6-8(16)7-10-11(9)18-13(19)15(10,4)5/h6-7,12H,17H2,1-5H3,(H,18,19). The lowest BCUT2D eigenvalue weighted by Crippen LogP contribution is -2.27. The van der Waals surface area contributed by atoms with Crippen LogP contribution in [0.4, 0.5) is 5.69 Å². The van der Waals surface area contributed by atoms with E-state index in [1.165, 1.54) is 0 Å². The van der Waals surface area contributed by atoms with Gasteiger partial charge in [0, 0.05) is 16.8 Å². The molecule has 0 aliphatic carbocycles. The Morgan fingerprint density at radius 3 is 2.42 bits per heavy atom. The zero-order valence-corrected chi connectivity index (χ0v) is 12.9. The molecule has 1 amide bonds. The van der Waals surface area contributed by atoms with E-state index in [2.05, 4.69) is 26.1 Å². The van der Waals surface area contributed by atoms with Crippen LogP contribution in [0.5, 0.6) is 0 Å². The van der Waals surface area contributed by atoms with Gasteiger partial charge in [0.25, 0.3) is 0 Å². The maximum atomic E-state index is 12.1. The van der Waals surface area contributed by atoms with Crippen molar-refractivity contribution in [2.24, 2.45) is 11.1 Å². The van der Waals surface area contributed by atoms with E-state index < -0.39 is 5.41 Å². The number of carbonyl (C=O) groups excluding carboxylic acids is 1. The van der Waals surface area contributed by atoms with Gasteiger partial charge in [-0.15, -0.1) is 0 Å². The Morgan fingerprint density at radius 1 is 1.32 bits per heavy atom. The summed E-state index contributed by atoms with van der Waals surface area (Å²) in [5, 5.41) is 3.58. The third-order valence-electron chi connectivity index (χ3n) is 3.88. The highest BCUT2D eigenvalue weighted by atomic mass is 35.5. The predicted molar refractivity (Wildman–Crippen MR) is 79.5 cm³/mol. The van der Waals surface area contributed by atoms with E-state index in [-0.39, 0.29) is 17.4 Å². The van der Waals surface area contributed by atoms with Crippen molar-refractivity contribution < 1.29 is 4.79 Å². The van der Waals surface area contributed by atoms with Crippen LogP contribution >= 0.6 is 11.6 Å². The molecule has 19 heavy (non-hydrogen) atoms. The van der Waals surface area contributed by atoms with Crippen LogP contribution in [0.15, 0.2) is 12.1 Å². The van der Waals surface area contributed by atoms with Crippen molar-refractivity contribution in [3.63, 3.8) is 0 Å². The zero-order valence-electron chi connectivity index (χ0n) is 12.1. The zero-order chi connectivity index (χ0) is 14.6. The molecular weight excluding hydrogens is 260 g/mol. The minimum absolute atomic E-state index is 0.00729. The minimum Gasteiger partial charge on any atom is -0.325 e. The van der Waals surface area contributed by atoms with Crippen LogP contribution in [0.3, 0.4) is 0 Å². The van der Waals surface area contributed by atoms with Crippen molar-refractivity contribution in [2.75, 3.05) is 5.32 Å². The molecule has 1 aliphatic rings. The fourth-order valence-electron chi connectivity index (χ4n) is 2.36. The largest absolute Gasteiger partial charge is 0.325 e. The van der Waals surface area contributed by atoms with E-state index >= 15 is 0 Å². The molecule has 0 saturated carbocycles. The second kappa shape index (κ2) is 4.22. The first-order valence-electron chi connectivity index (χ1n) is 6.46. The molecule has 2 rings (SSSR count). The molecule has 3 N–H and O–H groups in total. The average Bonchev–Trinajstić information content (AvgIpc) is 2.48. The van der Waals surface area contributed by atoms with E-state index in [1.807, 2.05) is 26.0 Å². The number of amides is 1. The molecule has 1 unspecified atom stereocenters. The smallest absolute Gasteiger partial charge is 0.234 e. The van der Waals surface area contributed by atoms with Crippen LogP contribution in [0.1, 0.15) is 51.8 Å². The molecule has 1 aliphatic heterocycles. The number of nitrogens with one attached hydrogen (secondary N) is 1. The summed E-state index contributed by atoms with van der Waals surface area (Å²) in [6, 6.07) is 3.53. The van der Waals surface area contributed by atoms with Gasteiger partial charge in [0.15, 0.2) is 0 Å². The lowest BCUT2D eigenvalue weighted by Gasteiger charge is -2.29. The van der Waals surface area contributed by atoms with Crippen LogP contribution < -0.4 is 11.1 Å². The summed E-state index contributed by atoms with van der Waals surface area (Å²) in [5.74, 6) is -0.00729. The summed E-state index contributed by atoms with van der Waals surface area (Å²) in [6.07, 6.45) is 0. The number of hydrogen-bond donors (Lipinski definition) is 2. The summed E-state index contributed by atoms with van der Waals surface area (Å²) in [7, 11) is 0. The molecule has 0 bridgehead atoms. The highest BCUT2D eigenvalue weighted by Gasteiger charge is 2.41. The second-order valence-corrected chi connectivity index (χ2v) is 7.28. The van der Waals surface area contributed by atoms with Crippen molar-refractivity contribution >= 4 is 23.2 Å². The maximum Gasteiger partial charge on any atom is 0.234 e. The highest BCUT2D eigenvalue weighted by Crippen LogP contribution is 2.45. The Hall–Kier alpha value is -1.06. The number of benzene rings is 1. The van der Waals surface area contributed by atoms with Crippen LogP contribution in [-0.4, -0.2) is 5.91 Å². The lowest BCUT2D eigenvalue weighted by atomic mass is 9.79. The van der Waals surface area contributed by atoms with Crippen molar-refractivity contribution in [3.05, 3.63) is 28.3 Å². The molecule has 0 saturated heterocycles. The SMILES string of the molecule is CC1(C)C(=O)Nc2c(C(N)C(C)(C)C)cc(Cl)cc21. The van der Waals surface area contributed by atoms with Crippen molar-refractivity contribution in [1.82, 2.24) is 0 Å². The van der Waals surface area contributed by atoms with E-state index in [9.17, 15) is 4.79 Å². The molecule has 0 fully saturated rings. The summed E-state index contributed by atoms with van der Waals surface area (Å²) >= 11 is 6.20. The van der Waals surface area contributed by atoms with E-state index in [0.717, 1.165) is 16.8 Å².